The van der Waals surface area contributed by atoms with Crippen LogP contribution in [0.25, 0.3) is 16.7 Å². The zero-order valence-electron chi connectivity index (χ0n) is 22.8. The smallest absolute Gasteiger partial charge is 0.409 e. The summed E-state index contributed by atoms with van der Waals surface area (Å²) in [6.45, 7) is 6.05. The number of anilines is 1. The molecule has 1 aromatic carbocycles. The van der Waals surface area contributed by atoms with E-state index in [1.165, 1.54) is 12.1 Å². The topological polar surface area (TPSA) is 127 Å². The van der Waals surface area contributed by atoms with Crippen LogP contribution in [0.4, 0.5) is 14.9 Å². The Kier molecular flexibility index (Phi) is 7.67. The molecular formula is C27H33FN6O5S. The number of benzene rings is 1. The van der Waals surface area contributed by atoms with Gasteiger partial charge in [-0.2, -0.15) is 5.10 Å². The highest BCUT2D eigenvalue weighted by molar-refractivity contribution is 7.89. The van der Waals surface area contributed by atoms with E-state index >= 15 is 0 Å². The monoisotopic (exact) mass is 572 g/mol. The van der Waals surface area contributed by atoms with Crippen molar-refractivity contribution in [3.8, 4) is 5.69 Å². The second kappa shape index (κ2) is 11.0. The lowest BCUT2D eigenvalue weighted by molar-refractivity contribution is 0.0901. The molecule has 0 spiro atoms. The van der Waals surface area contributed by atoms with Crippen molar-refractivity contribution in [2.75, 3.05) is 43.9 Å². The maximum atomic E-state index is 13.7. The van der Waals surface area contributed by atoms with Crippen LogP contribution in [-0.4, -0.2) is 79.1 Å². The number of hydrogen-bond donors (Lipinski definition) is 1. The quantitative estimate of drug-likeness (QED) is 0.456. The van der Waals surface area contributed by atoms with Crippen LogP contribution in [-0.2, 0) is 14.8 Å². The van der Waals surface area contributed by atoms with Gasteiger partial charge >= 0.3 is 6.09 Å². The molecule has 2 amide bonds. The zero-order valence-corrected chi connectivity index (χ0v) is 23.6. The Hall–Kier alpha value is -3.74. The molecule has 11 nitrogen and oxygen atoms in total. The van der Waals surface area contributed by atoms with Crippen LogP contribution in [0.5, 0.6) is 0 Å². The first-order valence-corrected chi connectivity index (χ1v) is 15.3. The molecule has 2 fully saturated rings. The number of hydrogen-bond acceptors (Lipinski definition) is 8. The van der Waals surface area contributed by atoms with Gasteiger partial charge < -0.3 is 14.5 Å². The van der Waals surface area contributed by atoms with Crippen molar-refractivity contribution >= 4 is 38.7 Å². The standard InChI is InChI=1S/C27H33FN6O5S/c1-17(2)16-39-27(36)33-13-11-32(12-14-33)22-15-21(26(35)31-40(3,37)38)29-25-23(22)24(18-5-4-6-18)30-34(25)20-9-7-19(28)8-10-20/h7-10,15,17-18H,4-6,11-14,16H2,1-3H3,(H,31,35). The molecule has 0 radical (unpaired) electrons. The maximum Gasteiger partial charge on any atom is 0.409 e. The van der Waals surface area contributed by atoms with Gasteiger partial charge in [-0.25, -0.2) is 32.0 Å². The number of halogens is 1. The number of carbonyl (C=O) groups is 2. The Morgan fingerprint density at radius 1 is 1.12 bits per heavy atom. The summed E-state index contributed by atoms with van der Waals surface area (Å²) in [5, 5.41) is 5.66. The fourth-order valence-corrected chi connectivity index (χ4v) is 5.34. The van der Waals surface area contributed by atoms with Crippen molar-refractivity contribution in [1.82, 2.24) is 24.4 Å². The second-order valence-corrected chi connectivity index (χ2v) is 12.5. The molecule has 1 aliphatic carbocycles. The van der Waals surface area contributed by atoms with Crippen LogP contribution < -0.4 is 9.62 Å². The molecule has 1 saturated heterocycles. The Balaban J connectivity index is 1.58. The molecule has 1 N–H and O–H groups in total. The summed E-state index contributed by atoms with van der Waals surface area (Å²) in [6, 6.07) is 7.40. The molecule has 1 aliphatic heterocycles. The van der Waals surface area contributed by atoms with Gasteiger partial charge in [0.05, 0.1) is 35.3 Å². The minimum atomic E-state index is -3.84. The summed E-state index contributed by atoms with van der Waals surface area (Å²) in [4.78, 5) is 33.8. The van der Waals surface area contributed by atoms with E-state index in [1.807, 2.05) is 18.6 Å². The highest BCUT2D eigenvalue weighted by Gasteiger charge is 2.32. The highest BCUT2D eigenvalue weighted by Crippen LogP contribution is 2.42. The SMILES string of the molecule is CC(C)COC(=O)N1CCN(c2cc(C(=O)NS(C)(=O)=O)nc3c2c(C2CCC2)nn3-c2ccc(F)cc2)CC1. The predicted octanol–water partition coefficient (Wildman–Crippen LogP) is 3.43. The number of nitrogens with one attached hydrogen (secondary N) is 1. The summed E-state index contributed by atoms with van der Waals surface area (Å²) < 4.78 is 46.4. The van der Waals surface area contributed by atoms with Gasteiger partial charge in [0.15, 0.2) is 5.65 Å². The average molecular weight is 573 g/mol. The van der Waals surface area contributed by atoms with E-state index in [0.717, 1.165) is 36.6 Å². The molecule has 5 rings (SSSR count). The van der Waals surface area contributed by atoms with Gasteiger partial charge in [0.25, 0.3) is 5.91 Å². The minimum absolute atomic E-state index is 0.0879. The first-order valence-electron chi connectivity index (χ1n) is 13.4. The van der Waals surface area contributed by atoms with Crippen molar-refractivity contribution in [3.05, 3.63) is 47.5 Å². The van der Waals surface area contributed by atoms with Crippen LogP contribution in [0.2, 0.25) is 0 Å². The van der Waals surface area contributed by atoms with Crippen molar-refractivity contribution in [2.45, 2.75) is 39.0 Å². The molecule has 2 aromatic heterocycles. The van der Waals surface area contributed by atoms with Crippen LogP contribution in [0.15, 0.2) is 30.3 Å². The van der Waals surface area contributed by atoms with Gasteiger partial charge in [-0.15, -0.1) is 0 Å². The molecule has 0 unspecified atom stereocenters. The van der Waals surface area contributed by atoms with Gasteiger partial charge in [-0.3, -0.25) is 4.79 Å². The van der Waals surface area contributed by atoms with Crippen LogP contribution in [0, 0.1) is 11.7 Å². The number of piperazine rings is 1. The minimum Gasteiger partial charge on any atom is -0.449 e. The molecule has 13 heteroatoms. The number of rotatable bonds is 7. The van der Waals surface area contributed by atoms with Crippen LogP contribution >= 0.6 is 0 Å². The summed E-state index contributed by atoms with van der Waals surface area (Å²) >= 11 is 0. The number of carbonyl (C=O) groups excluding carboxylic acids is 2. The number of sulfonamides is 1. The van der Waals surface area contributed by atoms with E-state index in [2.05, 4.69) is 9.88 Å². The van der Waals surface area contributed by atoms with Crippen LogP contribution in [0.1, 0.15) is 55.2 Å². The third-order valence-electron chi connectivity index (χ3n) is 7.14. The first-order chi connectivity index (χ1) is 19.0. The zero-order chi connectivity index (χ0) is 28.6. The summed E-state index contributed by atoms with van der Waals surface area (Å²) in [5.74, 6) is -0.827. The molecule has 1 saturated carbocycles. The largest absolute Gasteiger partial charge is 0.449 e. The van der Waals surface area contributed by atoms with E-state index in [0.29, 0.717) is 49.8 Å². The molecule has 0 atom stereocenters. The normalized spacial score (nSPS) is 16.3. The fourth-order valence-electron chi connectivity index (χ4n) is 4.90. The van der Waals surface area contributed by atoms with Gasteiger partial charge in [-0.1, -0.05) is 20.3 Å². The Labute approximate surface area is 232 Å². The van der Waals surface area contributed by atoms with E-state index in [-0.39, 0.29) is 23.6 Å². The summed E-state index contributed by atoms with van der Waals surface area (Å²) in [6.07, 6.45) is 3.53. The van der Waals surface area contributed by atoms with E-state index < -0.39 is 21.7 Å². The lowest BCUT2D eigenvalue weighted by Crippen LogP contribution is -2.49. The Bertz CT molecular complexity index is 1530. The first kappa shape index (κ1) is 27.8. The van der Waals surface area contributed by atoms with Crippen molar-refractivity contribution < 1.29 is 27.1 Å². The number of ether oxygens (including phenoxy) is 1. The number of pyridine rings is 1. The van der Waals surface area contributed by atoms with E-state index in [1.54, 1.807) is 27.8 Å². The van der Waals surface area contributed by atoms with Gasteiger partial charge in [-0.05, 0) is 49.1 Å². The molecule has 214 valence electrons. The number of nitrogens with zero attached hydrogens (tertiary/aromatic N) is 5. The fraction of sp³-hybridized carbons (Fsp3) is 0.481. The second-order valence-electron chi connectivity index (χ2n) is 10.8. The molecule has 2 aliphatic rings. The predicted molar refractivity (Wildman–Crippen MR) is 148 cm³/mol. The summed E-state index contributed by atoms with van der Waals surface area (Å²) in [7, 11) is -3.84. The molecule has 40 heavy (non-hydrogen) atoms. The van der Waals surface area contributed by atoms with Crippen molar-refractivity contribution in [1.29, 1.82) is 0 Å². The van der Waals surface area contributed by atoms with Crippen molar-refractivity contribution in [2.24, 2.45) is 5.92 Å². The lowest BCUT2D eigenvalue weighted by atomic mass is 9.82. The molecular weight excluding hydrogens is 539 g/mol. The molecule has 3 aromatic rings. The summed E-state index contributed by atoms with van der Waals surface area (Å²) in [5.41, 5.74) is 2.38. The van der Waals surface area contributed by atoms with Gasteiger partial charge in [0.1, 0.15) is 11.5 Å². The van der Waals surface area contributed by atoms with Crippen LogP contribution in [0.3, 0.4) is 0 Å². The number of amides is 2. The Morgan fingerprint density at radius 3 is 2.38 bits per heavy atom. The molecule has 0 bridgehead atoms. The van der Waals surface area contributed by atoms with E-state index in [4.69, 9.17) is 9.84 Å². The Morgan fingerprint density at radius 2 is 1.80 bits per heavy atom. The van der Waals surface area contributed by atoms with Crippen molar-refractivity contribution in [3.63, 3.8) is 0 Å². The van der Waals surface area contributed by atoms with Gasteiger partial charge in [0.2, 0.25) is 10.0 Å². The highest BCUT2D eigenvalue weighted by atomic mass is 32.2. The maximum absolute atomic E-state index is 13.7. The lowest BCUT2D eigenvalue weighted by Gasteiger charge is -2.36. The molecule has 3 heterocycles. The number of aromatic nitrogens is 3. The average Bonchev–Trinajstić information content (AvgIpc) is 3.24. The third kappa shape index (κ3) is 5.88. The third-order valence-corrected chi connectivity index (χ3v) is 7.69. The van der Waals surface area contributed by atoms with Gasteiger partial charge in [0, 0.05) is 32.1 Å². The number of fused-ring (bicyclic) bond motifs is 1. The van der Waals surface area contributed by atoms with E-state index in [9.17, 15) is 22.4 Å².